The maximum Gasteiger partial charge on any atom is 0.106 e. The molecule has 0 amide bonds. The molecule has 2 aromatic heterocycles. The topological polar surface area (TPSA) is 57.4 Å². The zero-order valence-electron chi connectivity index (χ0n) is 42.4. The summed E-state index contributed by atoms with van der Waals surface area (Å²) in [6.07, 6.45) is 18.3. The first-order valence-electron chi connectivity index (χ1n) is 26.8. The number of nitrogens with one attached hydrogen (secondary N) is 1. The van der Waals surface area contributed by atoms with Gasteiger partial charge in [-0.2, -0.15) is 0 Å². The number of aromatic nitrogens is 4. The van der Waals surface area contributed by atoms with Crippen LogP contribution < -0.4 is 5.32 Å². The summed E-state index contributed by atoms with van der Waals surface area (Å²) < 4.78 is 5.11. The average Bonchev–Trinajstić information content (AvgIpc) is 4.05. The first-order valence-corrected chi connectivity index (χ1v) is 26.8. The molecule has 0 radical (unpaired) electrons. The molecule has 6 aliphatic heterocycles. The van der Waals surface area contributed by atoms with Gasteiger partial charge < -0.3 is 19.4 Å². The summed E-state index contributed by atoms with van der Waals surface area (Å²) in [5.74, 6) is 2.37. The molecule has 8 heterocycles. The normalized spacial score (nSPS) is 26.3. The number of imidazole rings is 2. The van der Waals surface area contributed by atoms with Crippen molar-refractivity contribution in [3.05, 3.63) is 132 Å². The lowest BCUT2D eigenvalue weighted by Crippen LogP contribution is -2.47. The van der Waals surface area contributed by atoms with Crippen molar-refractivity contribution in [1.82, 2.24) is 39.1 Å². The Morgan fingerprint density at radius 3 is 1.26 bits per heavy atom. The second kappa shape index (κ2) is 22.8. The Balaban J connectivity index is 0.000000175. The van der Waals surface area contributed by atoms with Crippen molar-refractivity contribution in [1.29, 1.82) is 0 Å². The molecule has 4 aromatic carbocycles. The lowest BCUT2D eigenvalue weighted by atomic mass is 9.70. The van der Waals surface area contributed by atoms with E-state index in [0.29, 0.717) is 22.9 Å². The second-order valence-electron chi connectivity index (χ2n) is 21.4. The predicted molar refractivity (Wildman–Crippen MR) is 293 cm³/mol. The summed E-state index contributed by atoms with van der Waals surface area (Å²) in [5, 5.41) is 3.60. The molecule has 6 aromatic rings. The van der Waals surface area contributed by atoms with E-state index in [4.69, 9.17) is 9.97 Å². The van der Waals surface area contributed by atoms with Crippen molar-refractivity contribution in [2.24, 2.45) is 0 Å². The molecule has 372 valence electrons. The van der Waals surface area contributed by atoms with Gasteiger partial charge in [0.25, 0.3) is 0 Å². The summed E-state index contributed by atoms with van der Waals surface area (Å²) in [4.78, 5) is 18.1. The third kappa shape index (κ3) is 10.5. The highest BCUT2D eigenvalue weighted by molar-refractivity contribution is 5.85. The van der Waals surface area contributed by atoms with Crippen molar-refractivity contribution in [2.75, 3.05) is 46.3 Å². The van der Waals surface area contributed by atoms with Gasteiger partial charge in [0.2, 0.25) is 0 Å². The predicted octanol–water partition coefficient (Wildman–Crippen LogP) is 12.7. The molecule has 2 unspecified atom stereocenters. The second-order valence-corrected chi connectivity index (χ2v) is 21.4. The first-order chi connectivity index (χ1) is 32.9. The van der Waals surface area contributed by atoms with Crippen LogP contribution in [0.2, 0.25) is 0 Å². The summed E-state index contributed by atoms with van der Waals surface area (Å²) in [6.45, 7) is 15.6. The van der Waals surface area contributed by atoms with Gasteiger partial charge >= 0.3 is 0 Å². The maximum absolute atomic E-state index is 4.87. The van der Waals surface area contributed by atoms with Gasteiger partial charge in [-0.3, -0.25) is 9.80 Å². The van der Waals surface area contributed by atoms with E-state index < -0.39 is 0 Å². The molecule has 0 saturated carbocycles. The monoisotopic (exact) mass is 973 g/mol. The van der Waals surface area contributed by atoms with E-state index in [1.54, 1.807) is 11.1 Å². The Hall–Kier alpha value is -3.76. The lowest BCUT2D eigenvalue weighted by Gasteiger charge is -2.45. The van der Waals surface area contributed by atoms with Crippen LogP contribution in [-0.2, 0) is 10.8 Å². The number of aryl methyl sites for hydroxylation is 2. The Morgan fingerprint density at radius 1 is 0.493 bits per heavy atom. The summed E-state index contributed by atoms with van der Waals surface area (Å²) in [7, 11) is 2.28. The molecular weight excluding hydrogens is 892 g/mol. The number of hydrogen-bond acceptors (Lipinski definition) is 6. The van der Waals surface area contributed by atoms with E-state index in [0.717, 1.165) is 48.3 Å². The van der Waals surface area contributed by atoms with Crippen LogP contribution >= 0.6 is 24.8 Å². The Bertz CT molecular complexity index is 2500. The Labute approximate surface area is 426 Å². The van der Waals surface area contributed by atoms with Crippen molar-refractivity contribution < 1.29 is 0 Å². The van der Waals surface area contributed by atoms with Crippen molar-refractivity contribution in [3.63, 3.8) is 0 Å². The quantitative estimate of drug-likeness (QED) is 0.148. The highest BCUT2D eigenvalue weighted by Gasteiger charge is 2.45. The molecule has 6 saturated heterocycles. The van der Waals surface area contributed by atoms with E-state index in [2.05, 4.69) is 159 Å². The summed E-state index contributed by atoms with van der Waals surface area (Å²) in [6, 6.07) is 44.3. The third-order valence-electron chi connectivity index (χ3n) is 18.0. The van der Waals surface area contributed by atoms with E-state index in [1.165, 1.54) is 139 Å². The zero-order chi connectivity index (χ0) is 46.0. The molecule has 0 spiro atoms. The van der Waals surface area contributed by atoms with Gasteiger partial charge in [-0.1, -0.05) is 98.8 Å². The van der Waals surface area contributed by atoms with Crippen LogP contribution in [0.5, 0.6) is 0 Å². The first kappa shape index (κ1) is 51.6. The molecule has 4 bridgehead atoms. The molecule has 6 atom stereocenters. The summed E-state index contributed by atoms with van der Waals surface area (Å²) >= 11 is 0. The Morgan fingerprint density at radius 2 is 0.855 bits per heavy atom. The van der Waals surface area contributed by atoms with Crippen LogP contribution in [0.3, 0.4) is 0 Å². The minimum atomic E-state index is 0. The highest BCUT2D eigenvalue weighted by atomic mass is 35.5. The van der Waals surface area contributed by atoms with Crippen LogP contribution in [0.25, 0.3) is 22.1 Å². The number of halogens is 2. The van der Waals surface area contributed by atoms with Crippen molar-refractivity contribution >= 4 is 46.9 Å². The largest absolute Gasteiger partial charge is 0.325 e. The molecule has 0 aliphatic carbocycles. The van der Waals surface area contributed by atoms with Gasteiger partial charge in [0.1, 0.15) is 11.6 Å². The number of likely N-dealkylation sites (tertiary alicyclic amines) is 1. The van der Waals surface area contributed by atoms with Gasteiger partial charge in [-0.15, -0.1) is 24.8 Å². The van der Waals surface area contributed by atoms with Gasteiger partial charge in [-0.25, -0.2) is 9.97 Å². The molecule has 69 heavy (non-hydrogen) atoms. The SMILES string of the molecule is CC.Cc1nc2ccccc2n1C1C[C@H]2CC[C@@H](C1)N2CCC1(c2ccccc2)CCN(C)CC1.Cc1nc2ccccc2n1C1C[C@H]2CC[C@@H](C1)N2CCC1(c2ccccc2)CCNCC1.Cl.Cl. The molecular formula is C59H82Cl2N8. The molecule has 1 N–H and O–H groups in total. The fourth-order valence-electron chi connectivity index (χ4n) is 14.5. The van der Waals surface area contributed by atoms with Crippen LogP contribution in [-0.4, -0.2) is 104 Å². The number of para-hydroxylation sites is 4. The van der Waals surface area contributed by atoms with Crippen LogP contribution in [0.4, 0.5) is 0 Å². The fourth-order valence-corrected chi connectivity index (χ4v) is 14.5. The molecule has 8 nitrogen and oxygen atoms in total. The smallest absolute Gasteiger partial charge is 0.106 e. The van der Waals surface area contributed by atoms with Crippen LogP contribution in [0.1, 0.15) is 139 Å². The Kier molecular flexibility index (Phi) is 17.0. The zero-order valence-corrected chi connectivity index (χ0v) is 44.1. The number of nitrogens with zero attached hydrogens (tertiary/aromatic N) is 7. The van der Waals surface area contributed by atoms with E-state index in [9.17, 15) is 0 Å². The standard InChI is InChI=1S/C29H38N4.C28H36N4.C2H6.2ClH/c1-22-30-27-10-6-7-11-28(27)33(22)26-20-24-12-13-25(21-26)32(24)19-16-29(14-17-31(2)18-15-29)23-8-4-3-5-9-23;1-21-30-26-9-5-6-10-27(26)32(21)25-19-23-11-12-24(20-25)31(23)18-15-28(13-16-29-17-14-28)22-7-3-2-4-8-22;1-2;;/h3-11,24-26H,12-21H2,1-2H3;2-10,23-25,29H,11-20H2,1H3;1-2H3;2*1H/t24-,25+,26?;23-,24+,25?;;;. The molecule has 6 fully saturated rings. The highest BCUT2D eigenvalue weighted by Crippen LogP contribution is 2.47. The van der Waals surface area contributed by atoms with Crippen LogP contribution in [0, 0.1) is 13.8 Å². The van der Waals surface area contributed by atoms with Crippen molar-refractivity contribution in [2.45, 2.75) is 165 Å². The minimum Gasteiger partial charge on any atom is -0.325 e. The maximum atomic E-state index is 4.87. The fraction of sp³-hybridized carbons (Fsp3) is 0.559. The van der Waals surface area contributed by atoms with Gasteiger partial charge in [0, 0.05) is 36.3 Å². The molecule has 10 heteroatoms. The van der Waals surface area contributed by atoms with E-state index in [-0.39, 0.29) is 24.8 Å². The van der Waals surface area contributed by atoms with E-state index >= 15 is 0 Å². The minimum absolute atomic E-state index is 0. The number of piperidine rings is 4. The van der Waals surface area contributed by atoms with Gasteiger partial charge in [-0.05, 0) is 196 Å². The average molecular weight is 974 g/mol. The molecule has 6 aliphatic rings. The number of rotatable bonds is 10. The third-order valence-corrected chi connectivity index (χ3v) is 18.0. The lowest BCUT2D eigenvalue weighted by molar-refractivity contribution is 0.0857. The van der Waals surface area contributed by atoms with Crippen LogP contribution in [0.15, 0.2) is 109 Å². The van der Waals surface area contributed by atoms with E-state index in [1.807, 2.05) is 13.8 Å². The van der Waals surface area contributed by atoms with Gasteiger partial charge in [0.15, 0.2) is 0 Å². The summed E-state index contributed by atoms with van der Waals surface area (Å²) in [5.41, 5.74) is 8.77. The number of benzene rings is 4. The number of hydrogen-bond donors (Lipinski definition) is 1. The van der Waals surface area contributed by atoms with Crippen molar-refractivity contribution in [3.8, 4) is 0 Å². The number of fused-ring (bicyclic) bond motifs is 6. The van der Waals surface area contributed by atoms with Gasteiger partial charge in [0.05, 0.1) is 22.1 Å². The molecule has 12 rings (SSSR count).